The van der Waals surface area contributed by atoms with Crippen molar-refractivity contribution in [2.24, 2.45) is 0 Å². The van der Waals surface area contributed by atoms with Crippen molar-refractivity contribution in [3.05, 3.63) is 48.6 Å². The molecule has 0 atom stereocenters. The number of hydrogen-bond acceptors (Lipinski definition) is 0. The molecule has 0 aromatic heterocycles. The molecule has 0 aliphatic heterocycles. The molecule has 0 fully saturated rings. The highest BCUT2D eigenvalue weighted by Crippen LogP contribution is 2.03. The van der Waals surface area contributed by atoms with Crippen molar-refractivity contribution in [1.29, 1.82) is 0 Å². The molecule has 0 nitrogen and oxygen atoms in total. The Morgan fingerprint density at radius 3 is 1.58 bits per heavy atom. The first-order valence-corrected chi connectivity index (χ1v) is 8.01. The van der Waals surface area contributed by atoms with E-state index in [1.165, 1.54) is 32.1 Å². The fraction of sp³-hybridized carbons (Fsp3) is 0.579. The van der Waals surface area contributed by atoms with Crippen LogP contribution in [-0.2, 0) is 0 Å². The van der Waals surface area contributed by atoms with E-state index in [0.29, 0.717) is 0 Å². The number of hydrogen-bond donors (Lipinski definition) is 0. The van der Waals surface area contributed by atoms with Crippen LogP contribution in [0.15, 0.2) is 48.6 Å². The molecule has 0 aromatic rings. The molecule has 0 aliphatic rings. The van der Waals surface area contributed by atoms with E-state index in [4.69, 9.17) is 0 Å². The zero-order valence-corrected chi connectivity index (χ0v) is 13.0. The van der Waals surface area contributed by atoms with Gasteiger partial charge < -0.3 is 0 Å². The second-order valence-corrected chi connectivity index (χ2v) is 4.85. The molecule has 0 unspecified atom stereocenters. The van der Waals surface area contributed by atoms with Crippen LogP contribution in [0.4, 0.5) is 0 Å². The first-order chi connectivity index (χ1) is 9.41. The fourth-order valence-electron chi connectivity index (χ4n) is 1.79. The summed E-state index contributed by atoms with van der Waals surface area (Å²) in [7, 11) is 0. The van der Waals surface area contributed by atoms with Crippen LogP contribution >= 0.6 is 0 Å². The summed E-state index contributed by atoms with van der Waals surface area (Å²) < 4.78 is 0. The van der Waals surface area contributed by atoms with Gasteiger partial charge in [0.1, 0.15) is 0 Å². The zero-order chi connectivity index (χ0) is 14.0. The highest BCUT2D eigenvalue weighted by molar-refractivity contribution is 4.99. The van der Waals surface area contributed by atoms with Crippen LogP contribution in [0.2, 0.25) is 0 Å². The van der Waals surface area contributed by atoms with Crippen molar-refractivity contribution in [3.63, 3.8) is 0 Å². The van der Waals surface area contributed by atoms with E-state index < -0.39 is 0 Å². The molecule has 0 N–H and O–H groups in total. The topological polar surface area (TPSA) is 0 Å². The molecule has 0 saturated heterocycles. The van der Waals surface area contributed by atoms with E-state index in [1.807, 2.05) is 0 Å². The van der Waals surface area contributed by atoms with Gasteiger partial charge in [-0.3, -0.25) is 0 Å². The van der Waals surface area contributed by atoms with E-state index >= 15 is 0 Å². The van der Waals surface area contributed by atoms with Crippen molar-refractivity contribution in [3.8, 4) is 0 Å². The van der Waals surface area contributed by atoms with Crippen molar-refractivity contribution < 1.29 is 0 Å². The molecule has 0 radical (unpaired) electrons. The minimum absolute atomic E-state index is 1.06. The molecule has 108 valence electrons. The second-order valence-electron chi connectivity index (χ2n) is 4.85. The summed E-state index contributed by atoms with van der Waals surface area (Å²) in [4.78, 5) is 0. The lowest BCUT2D eigenvalue weighted by atomic mass is 10.1. The average molecular weight is 260 g/mol. The van der Waals surface area contributed by atoms with E-state index in [-0.39, 0.29) is 0 Å². The second kappa shape index (κ2) is 17.0. The molecule has 0 spiro atoms. The minimum atomic E-state index is 1.06. The average Bonchev–Trinajstić information content (AvgIpc) is 2.43. The Balaban J connectivity index is 3.33. The van der Waals surface area contributed by atoms with Gasteiger partial charge in [-0.2, -0.15) is 0 Å². The molecule has 0 saturated carbocycles. The maximum Gasteiger partial charge on any atom is -0.0169 e. The lowest BCUT2D eigenvalue weighted by Gasteiger charge is -1.93. The Hall–Kier alpha value is -1.04. The van der Waals surface area contributed by atoms with E-state index in [9.17, 15) is 0 Å². The minimum Gasteiger partial charge on any atom is -0.0885 e. The van der Waals surface area contributed by atoms with Gasteiger partial charge in [0.15, 0.2) is 0 Å². The zero-order valence-electron chi connectivity index (χ0n) is 13.0. The lowest BCUT2D eigenvalue weighted by Crippen LogP contribution is -1.73. The standard InChI is InChI=1S/C19H32/c1-3-5-7-9-11-13-15-17-19-18-16-14-12-10-8-6-4-2/h5,7,11,13-14,16-17,19H,3-4,6,8-10,12,15,18H2,1-2H3. The maximum absolute atomic E-state index is 2.32. The normalized spacial score (nSPS) is 12.7. The summed E-state index contributed by atoms with van der Waals surface area (Å²) >= 11 is 0. The molecular weight excluding hydrogens is 228 g/mol. The quantitative estimate of drug-likeness (QED) is 0.268. The molecule has 0 bridgehead atoms. The first-order valence-electron chi connectivity index (χ1n) is 8.01. The molecule has 19 heavy (non-hydrogen) atoms. The first kappa shape index (κ1) is 18.0. The third-order valence-corrected chi connectivity index (χ3v) is 2.94. The van der Waals surface area contributed by atoms with Crippen LogP contribution in [0.25, 0.3) is 0 Å². The van der Waals surface area contributed by atoms with Crippen LogP contribution < -0.4 is 0 Å². The Labute approximate surface area is 121 Å². The summed E-state index contributed by atoms with van der Waals surface area (Å²) in [5.41, 5.74) is 0. The van der Waals surface area contributed by atoms with Gasteiger partial charge in [0.2, 0.25) is 0 Å². The van der Waals surface area contributed by atoms with Gasteiger partial charge in [-0.15, -0.1) is 0 Å². The summed E-state index contributed by atoms with van der Waals surface area (Å²) in [6.45, 7) is 4.43. The maximum atomic E-state index is 2.32. The fourth-order valence-corrected chi connectivity index (χ4v) is 1.79. The number of unbranched alkanes of at least 4 members (excludes halogenated alkanes) is 4. The number of allylic oxidation sites excluding steroid dienone is 8. The number of rotatable bonds is 12. The van der Waals surface area contributed by atoms with Crippen molar-refractivity contribution in [1.82, 2.24) is 0 Å². The lowest BCUT2D eigenvalue weighted by molar-refractivity contribution is 0.674. The Morgan fingerprint density at radius 1 is 0.526 bits per heavy atom. The van der Waals surface area contributed by atoms with Crippen molar-refractivity contribution in [2.45, 2.75) is 71.6 Å². The highest BCUT2D eigenvalue weighted by Gasteiger charge is 1.83. The van der Waals surface area contributed by atoms with Crippen LogP contribution in [-0.4, -0.2) is 0 Å². The summed E-state index contributed by atoms with van der Waals surface area (Å²) in [6, 6.07) is 0. The predicted octanol–water partition coefficient (Wildman–Crippen LogP) is 6.76. The van der Waals surface area contributed by atoms with Gasteiger partial charge in [-0.05, 0) is 38.5 Å². The van der Waals surface area contributed by atoms with Gasteiger partial charge >= 0.3 is 0 Å². The monoisotopic (exact) mass is 260 g/mol. The molecule has 0 aromatic carbocycles. The largest absolute Gasteiger partial charge is 0.0885 e. The third kappa shape index (κ3) is 17.0. The van der Waals surface area contributed by atoms with Crippen LogP contribution in [0.1, 0.15) is 71.6 Å². The summed E-state index contributed by atoms with van der Waals surface area (Å²) in [5.74, 6) is 0. The third-order valence-electron chi connectivity index (χ3n) is 2.94. The van der Waals surface area contributed by atoms with Crippen molar-refractivity contribution >= 4 is 0 Å². The van der Waals surface area contributed by atoms with Gasteiger partial charge in [0.05, 0.1) is 0 Å². The van der Waals surface area contributed by atoms with Crippen molar-refractivity contribution in [2.75, 3.05) is 0 Å². The van der Waals surface area contributed by atoms with E-state index in [1.54, 1.807) is 0 Å². The molecular formula is C19H32. The molecule has 0 heterocycles. The Morgan fingerprint density at radius 2 is 1.05 bits per heavy atom. The van der Waals surface area contributed by atoms with E-state index in [0.717, 1.165) is 25.7 Å². The SMILES string of the molecule is CCC=CCC=CCC=CCC=CCCCCCC. The van der Waals surface area contributed by atoms with Crippen LogP contribution in [0, 0.1) is 0 Å². The molecule has 0 aliphatic carbocycles. The molecule has 0 heteroatoms. The van der Waals surface area contributed by atoms with Gasteiger partial charge in [0, 0.05) is 0 Å². The van der Waals surface area contributed by atoms with E-state index in [2.05, 4.69) is 62.5 Å². The molecule has 0 rings (SSSR count). The van der Waals surface area contributed by atoms with Gasteiger partial charge in [0.25, 0.3) is 0 Å². The van der Waals surface area contributed by atoms with Crippen LogP contribution in [0.5, 0.6) is 0 Å². The molecule has 0 amide bonds. The van der Waals surface area contributed by atoms with Gasteiger partial charge in [-0.25, -0.2) is 0 Å². The highest BCUT2D eigenvalue weighted by atomic mass is 13.9. The van der Waals surface area contributed by atoms with Crippen LogP contribution in [0.3, 0.4) is 0 Å². The van der Waals surface area contributed by atoms with Gasteiger partial charge in [-0.1, -0.05) is 81.7 Å². The smallest absolute Gasteiger partial charge is 0.0169 e. The predicted molar refractivity (Wildman–Crippen MR) is 89.5 cm³/mol. The summed E-state index contributed by atoms with van der Waals surface area (Å²) in [5, 5.41) is 0. The Bertz CT molecular complexity index is 266. The Kier molecular flexibility index (Phi) is 16.0. The summed E-state index contributed by atoms with van der Waals surface area (Å²) in [6.07, 6.45) is 29.1.